The predicted octanol–water partition coefficient (Wildman–Crippen LogP) is 3.95. The van der Waals surface area contributed by atoms with Crippen molar-refractivity contribution in [1.82, 2.24) is 14.1 Å². The van der Waals surface area contributed by atoms with Crippen LogP contribution in [0.2, 0.25) is 5.02 Å². The summed E-state index contributed by atoms with van der Waals surface area (Å²) in [6.45, 7) is 2.01. The van der Waals surface area contributed by atoms with Crippen molar-refractivity contribution in [3.63, 3.8) is 0 Å². The molecule has 0 bridgehead atoms. The van der Waals surface area contributed by atoms with Gasteiger partial charge >= 0.3 is 0 Å². The first-order valence-corrected chi connectivity index (χ1v) is 11.2. The minimum Gasteiger partial charge on any atom is -0.497 e. The average Bonchev–Trinajstić information content (AvgIpc) is 3.18. The number of piperidine rings is 1. The summed E-state index contributed by atoms with van der Waals surface area (Å²) >= 11 is 6.49. The molecule has 0 spiro atoms. The number of aromatic nitrogens is 3. The fourth-order valence-electron chi connectivity index (χ4n) is 4.61. The van der Waals surface area contributed by atoms with E-state index in [9.17, 15) is 4.79 Å². The van der Waals surface area contributed by atoms with E-state index in [0.29, 0.717) is 34.9 Å². The van der Waals surface area contributed by atoms with Gasteiger partial charge in [-0.3, -0.25) is 4.79 Å². The molecule has 1 atom stereocenters. The summed E-state index contributed by atoms with van der Waals surface area (Å²) in [5, 5.41) is 1.57. The molecule has 5 rings (SSSR count). The number of nitrogens with zero attached hydrogens (tertiary/aromatic N) is 4. The van der Waals surface area contributed by atoms with Gasteiger partial charge in [0.15, 0.2) is 0 Å². The van der Waals surface area contributed by atoms with Gasteiger partial charge in [0.25, 0.3) is 5.56 Å². The molecular weight excluding hydrogens is 461 g/mol. The van der Waals surface area contributed by atoms with Crippen molar-refractivity contribution in [3.8, 4) is 5.75 Å². The number of hydrogen-bond donors (Lipinski definition) is 1. The standard InChI is InChI=1S/C24H26ClN5O2.ClH/c1-28-20-12-17(32-2)9-10-18(20)21-22(23(28)31)30(13-15-6-3-4-8-19(15)25)24(27-21)29-11-5-7-16(26)14-29;/h3-4,6,8-10,12,16H,5,7,11,13-14,26H2,1-2H3;1H/t16-;/m1./s1. The summed E-state index contributed by atoms with van der Waals surface area (Å²) in [5.74, 6) is 1.46. The number of nitrogens with two attached hydrogens (primary N) is 1. The predicted molar refractivity (Wildman–Crippen MR) is 136 cm³/mol. The van der Waals surface area contributed by atoms with Gasteiger partial charge in [-0.2, -0.15) is 0 Å². The summed E-state index contributed by atoms with van der Waals surface area (Å²) in [6, 6.07) is 13.5. The molecule has 2 aromatic heterocycles. The number of fused-ring (bicyclic) bond motifs is 3. The van der Waals surface area contributed by atoms with Crippen molar-refractivity contribution in [3.05, 3.63) is 63.4 Å². The Hall–Kier alpha value is -2.74. The summed E-state index contributed by atoms with van der Waals surface area (Å²) < 4.78 is 9.04. The lowest BCUT2D eigenvalue weighted by molar-refractivity contribution is 0.415. The van der Waals surface area contributed by atoms with Gasteiger partial charge < -0.3 is 24.5 Å². The zero-order valence-electron chi connectivity index (χ0n) is 18.6. The van der Waals surface area contributed by atoms with Crippen LogP contribution in [0.5, 0.6) is 5.75 Å². The molecule has 7 nitrogen and oxygen atoms in total. The second kappa shape index (κ2) is 9.25. The molecule has 0 unspecified atom stereocenters. The Morgan fingerprint density at radius 1 is 1.24 bits per heavy atom. The highest BCUT2D eigenvalue weighted by Crippen LogP contribution is 2.31. The number of rotatable bonds is 4. The first kappa shape index (κ1) is 23.4. The van der Waals surface area contributed by atoms with Crippen LogP contribution in [-0.2, 0) is 13.6 Å². The highest BCUT2D eigenvalue weighted by molar-refractivity contribution is 6.31. The van der Waals surface area contributed by atoms with Gasteiger partial charge in [-0.05, 0) is 36.6 Å². The van der Waals surface area contributed by atoms with Crippen LogP contribution >= 0.6 is 24.0 Å². The maximum atomic E-state index is 13.6. The molecule has 0 aliphatic carbocycles. The Kier molecular flexibility index (Phi) is 6.56. The SMILES string of the molecule is COc1ccc2c3nc(N4CCC[C@@H](N)C4)n(Cc4ccccc4Cl)c3c(=O)n(C)c2c1.Cl. The number of halogens is 2. The third-order valence-electron chi connectivity index (χ3n) is 6.30. The molecule has 2 N–H and O–H groups in total. The quantitative estimate of drug-likeness (QED) is 0.471. The fraction of sp³-hybridized carbons (Fsp3) is 0.333. The topological polar surface area (TPSA) is 78.3 Å². The van der Waals surface area contributed by atoms with Crippen LogP contribution in [0.25, 0.3) is 21.9 Å². The second-order valence-electron chi connectivity index (χ2n) is 8.38. The van der Waals surface area contributed by atoms with Crippen LogP contribution in [0, 0.1) is 0 Å². The molecule has 1 saturated heterocycles. The average molecular weight is 488 g/mol. The molecule has 0 amide bonds. The second-order valence-corrected chi connectivity index (χ2v) is 8.79. The van der Waals surface area contributed by atoms with Crippen molar-refractivity contribution in [2.45, 2.75) is 25.4 Å². The molecule has 1 aliphatic rings. The van der Waals surface area contributed by atoms with Crippen molar-refractivity contribution in [1.29, 1.82) is 0 Å². The van der Waals surface area contributed by atoms with Gasteiger partial charge in [-0.1, -0.05) is 29.8 Å². The smallest absolute Gasteiger partial charge is 0.277 e. The lowest BCUT2D eigenvalue weighted by Gasteiger charge is -2.32. The van der Waals surface area contributed by atoms with E-state index in [-0.39, 0.29) is 24.0 Å². The highest BCUT2D eigenvalue weighted by atomic mass is 35.5. The molecule has 2 aromatic carbocycles. The normalized spacial score (nSPS) is 16.2. The summed E-state index contributed by atoms with van der Waals surface area (Å²) in [5.41, 5.74) is 9.15. The number of hydrogen-bond acceptors (Lipinski definition) is 5. The largest absolute Gasteiger partial charge is 0.497 e. The Bertz CT molecular complexity index is 1380. The van der Waals surface area contributed by atoms with E-state index in [2.05, 4.69) is 4.90 Å². The lowest BCUT2D eigenvalue weighted by Crippen LogP contribution is -2.44. The van der Waals surface area contributed by atoms with E-state index in [0.717, 1.165) is 41.8 Å². The van der Waals surface area contributed by atoms with Crippen molar-refractivity contribution >= 4 is 51.9 Å². The minimum atomic E-state index is -0.104. The number of methoxy groups -OCH3 is 1. The van der Waals surface area contributed by atoms with E-state index in [1.807, 2.05) is 47.0 Å². The van der Waals surface area contributed by atoms with Crippen LogP contribution in [0.1, 0.15) is 18.4 Å². The van der Waals surface area contributed by atoms with Gasteiger partial charge in [0.1, 0.15) is 16.8 Å². The zero-order valence-corrected chi connectivity index (χ0v) is 20.2. The molecule has 1 fully saturated rings. The summed E-state index contributed by atoms with van der Waals surface area (Å²) in [6.07, 6.45) is 1.98. The van der Waals surface area contributed by atoms with Crippen LogP contribution in [0.3, 0.4) is 0 Å². The molecule has 4 aromatic rings. The van der Waals surface area contributed by atoms with Crippen LogP contribution in [0.4, 0.5) is 5.95 Å². The van der Waals surface area contributed by atoms with Gasteiger partial charge in [-0.25, -0.2) is 4.98 Å². The Labute approximate surface area is 203 Å². The number of imidazole rings is 1. The molecule has 3 heterocycles. The monoisotopic (exact) mass is 487 g/mol. The molecule has 33 heavy (non-hydrogen) atoms. The van der Waals surface area contributed by atoms with Gasteiger partial charge in [0, 0.05) is 42.7 Å². The number of pyridine rings is 1. The van der Waals surface area contributed by atoms with Crippen LogP contribution < -0.4 is 20.9 Å². The number of aryl methyl sites for hydroxylation is 1. The number of benzene rings is 2. The first-order valence-electron chi connectivity index (χ1n) is 10.8. The fourth-order valence-corrected chi connectivity index (χ4v) is 4.81. The van der Waals surface area contributed by atoms with Crippen LogP contribution in [-0.4, -0.2) is 40.4 Å². The Morgan fingerprint density at radius 2 is 2.03 bits per heavy atom. The minimum absolute atomic E-state index is 0. The highest BCUT2D eigenvalue weighted by Gasteiger charge is 2.26. The molecular formula is C24H27Cl2N5O2. The molecule has 9 heteroatoms. The maximum Gasteiger partial charge on any atom is 0.277 e. The van der Waals surface area contributed by atoms with E-state index in [1.165, 1.54) is 0 Å². The molecule has 174 valence electrons. The van der Waals surface area contributed by atoms with E-state index in [4.69, 9.17) is 27.1 Å². The number of ether oxygens (including phenoxy) is 1. The Morgan fingerprint density at radius 3 is 2.76 bits per heavy atom. The summed E-state index contributed by atoms with van der Waals surface area (Å²) in [4.78, 5) is 20.8. The van der Waals surface area contributed by atoms with E-state index in [1.54, 1.807) is 18.7 Å². The van der Waals surface area contributed by atoms with Crippen LogP contribution in [0.15, 0.2) is 47.3 Å². The van der Waals surface area contributed by atoms with Crippen molar-refractivity contribution in [2.75, 3.05) is 25.1 Å². The molecule has 0 saturated carbocycles. The molecule has 1 aliphatic heterocycles. The Balaban J connectivity index is 0.00000259. The maximum absolute atomic E-state index is 13.6. The van der Waals surface area contributed by atoms with Gasteiger partial charge in [0.2, 0.25) is 5.95 Å². The first-order chi connectivity index (χ1) is 15.5. The zero-order chi connectivity index (χ0) is 22.4. The van der Waals surface area contributed by atoms with E-state index >= 15 is 0 Å². The van der Waals surface area contributed by atoms with E-state index < -0.39 is 0 Å². The molecule has 0 radical (unpaired) electrons. The van der Waals surface area contributed by atoms with Crippen molar-refractivity contribution in [2.24, 2.45) is 12.8 Å². The number of anilines is 1. The van der Waals surface area contributed by atoms with Crippen molar-refractivity contribution < 1.29 is 4.74 Å². The summed E-state index contributed by atoms with van der Waals surface area (Å²) in [7, 11) is 3.40. The lowest BCUT2D eigenvalue weighted by atomic mass is 10.1. The third-order valence-corrected chi connectivity index (χ3v) is 6.67. The van der Waals surface area contributed by atoms with Gasteiger partial charge in [-0.15, -0.1) is 12.4 Å². The van der Waals surface area contributed by atoms with Gasteiger partial charge in [0.05, 0.1) is 19.2 Å². The third kappa shape index (κ3) is 4.05.